The highest BCUT2D eigenvalue weighted by atomic mass is 16.5. The lowest BCUT2D eigenvalue weighted by Crippen LogP contribution is -2.23. The zero-order valence-electron chi connectivity index (χ0n) is 8.40. The summed E-state index contributed by atoms with van der Waals surface area (Å²) < 4.78 is 4.87. The molecule has 14 heavy (non-hydrogen) atoms. The van der Waals surface area contributed by atoms with Crippen LogP contribution in [0, 0.1) is 23.2 Å². The molecule has 0 spiro atoms. The second-order valence-electron chi connectivity index (χ2n) is 2.97. The van der Waals surface area contributed by atoms with Crippen LogP contribution in [0.25, 0.3) is 0 Å². The molecule has 3 nitrogen and oxygen atoms in total. The van der Waals surface area contributed by atoms with Crippen LogP contribution >= 0.6 is 0 Å². The maximum Gasteiger partial charge on any atom is 0.310 e. The lowest BCUT2D eigenvalue weighted by atomic mass is 9.92. The number of carbonyl (C=O) groups excluding carboxylic acids is 1. The fourth-order valence-corrected chi connectivity index (χ4v) is 1.02. The molecule has 0 aromatic rings. The van der Waals surface area contributed by atoms with Crippen molar-refractivity contribution in [2.75, 3.05) is 6.61 Å². The van der Waals surface area contributed by atoms with Gasteiger partial charge in [-0.3, -0.25) is 4.79 Å². The third-order valence-corrected chi connectivity index (χ3v) is 1.87. The number of rotatable bonds is 6. The van der Waals surface area contributed by atoms with Gasteiger partial charge in [0.25, 0.3) is 0 Å². The van der Waals surface area contributed by atoms with Gasteiger partial charge in [0.15, 0.2) is 0 Å². The molecule has 0 aliphatic carbocycles. The second kappa shape index (κ2) is 6.90. The molecular weight excluding hydrogens is 178 g/mol. The standard InChI is InChI=1S/C11H15NO2/c1-4-6-10(9(3)8-12)11(13)14-7-5-2/h4-5,9-10H,1-2,6-7H2,3H3. The Morgan fingerprint density at radius 2 is 2.21 bits per heavy atom. The minimum Gasteiger partial charge on any atom is -0.461 e. The first-order valence-corrected chi connectivity index (χ1v) is 4.45. The van der Waals surface area contributed by atoms with E-state index in [1.54, 1.807) is 13.0 Å². The predicted octanol–water partition coefficient (Wildman–Crippen LogP) is 2.07. The monoisotopic (exact) mass is 193 g/mol. The molecule has 0 aromatic carbocycles. The number of nitriles is 1. The molecule has 0 aliphatic rings. The normalized spacial score (nSPS) is 13.4. The summed E-state index contributed by atoms with van der Waals surface area (Å²) in [5, 5.41) is 8.69. The van der Waals surface area contributed by atoms with Crippen LogP contribution < -0.4 is 0 Å². The van der Waals surface area contributed by atoms with E-state index in [4.69, 9.17) is 10.00 Å². The topological polar surface area (TPSA) is 50.1 Å². The van der Waals surface area contributed by atoms with Gasteiger partial charge in [-0.1, -0.05) is 18.7 Å². The Kier molecular flexibility index (Phi) is 6.13. The van der Waals surface area contributed by atoms with Crippen LogP contribution in [0.3, 0.4) is 0 Å². The summed E-state index contributed by atoms with van der Waals surface area (Å²) >= 11 is 0. The molecule has 2 atom stereocenters. The minimum atomic E-state index is -0.419. The molecule has 0 radical (unpaired) electrons. The van der Waals surface area contributed by atoms with Crippen molar-refractivity contribution in [1.29, 1.82) is 5.26 Å². The Hall–Kier alpha value is -1.56. The van der Waals surface area contributed by atoms with Crippen LogP contribution in [-0.2, 0) is 9.53 Å². The van der Waals surface area contributed by atoms with Gasteiger partial charge in [-0.2, -0.15) is 5.26 Å². The number of allylic oxidation sites excluding steroid dienone is 1. The van der Waals surface area contributed by atoms with Gasteiger partial charge in [-0.15, -0.1) is 6.58 Å². The van der Waals surface area contributed by atoms with Gasteiger partial charge < -0.3 is 4.74 Å². The Balaban J connectivity index is 4.33. The number of carbonyl (C=O) groups is 1. The fraction of sp³-hybridized carbons (Fsp3) is 0.455. The van der Waals surface area contributed by atoms with Crippen molar-refractivity contribution < 1.29 is 9.53 Å². The summed E-state index contributed by atoms with van der Waals surface area (Å²) in [6.07, 6.45) is 3.58. The van der Waals surface area contributed by atoms with Gasteiger partial charge in [-0.25, -0.2) is 0 Å². The van der Waals surface area contributed by atoms with E-state index in [1.165, 1.54) is 6.08 Å². The summed E-state index contributed by atoms with van der Waals surface area (Å²) in [6, 6.07) is 2.03. The van der Waals surface area contributed by atoms with Crippen molar-refractivity contribution in [2.24, 2.45) is 11.8 Å². The molecule has 0 aliphatic heterocycles. The Morgan fingerprint density at radius 3 is 2.64 bits per heavy atom. The van der Waals surface area contributed by atoms with Crippen LogP contribution in [0.1, 0.15) is 13.3 Å². The van der Waals surface area contributed by atoms with Gasteiger partial charge in [0, 0.05) is 0 Å². The third kappa shape index (κ3) is 3.90. The number of hydrogen-bond donors (Lipinski definition) is 0. The van der Waals surface area contributed by atoms with Gasteiger partial charge in [0.2, 0.25) is 0 Å². The number of esters is 1. The van der Waals surface area contributed by atoms with Crippen LogP contribution in [0.2, 0.25) is 0 Å². The van der Waals surface area contributed by atoms with Gasteiger partial charge in [-0.05, 0) is 13.3 Å². The maximum absolute atomic E-state index is 11.4. The summed E-state index contributed by atoms with van der Waals surface area (Å²) in [5.41, 5.74) is 0. The fourth-order valence-electron chi connectivity index (χ4n) is 1.02. The van der Waals surface area contributed by atoms with E-state index in [0.717, 1.165) is 0 Å². The first-order valence-electron chi connectivity index (χ1n) is 4.45. The van der Waals surface area contributed by atoms with E-state index < -0.39 is 5.92 Å². The molecule has 0 amide bonds. The summed E-state index contributed by atoms with van der Waals surface area (Å²) in [6.45, 7) is 8.87. The molecular formula is C11H15NO2. The Bertz CT molecular complexity index is 253. The van der Waals surface area contributed by atoms with Crippen molar-refractivity contribution in [3.8, 4) is 6.07 Å². The SMILES string of the molecule is C=CCOC(=O)C(CC=C)C(C)C#N. The summed E-state index contributed by atoms with van der Waals surface area (Å²) in [5.74, 6) is -1.14. The van der Waals surface area contributed by atoms with Gasteiger partial charge >= 0.3 is 5.97 Å². The van der Waals surface area contributed by atoms with Gasteiger partial charge in [0.05, 0.1) is 17.9 Å². The second-order valence-corrected chi connectivity index (χ2v) is 2.97. The van der Waals surface area contributed by atoms with Gasteiger partial charge in [0.1, 0.15) is 6.61 Å². The highest BCUT2D eigenvalue weighted by Crippen LogP contribution is 2.17. The average molecular weight is 193 g/mol. The van der Waals surface area contributed by atoms with Crippen molar-refractivity contribution in [1.82, 2.24) is 0 Å². The third-order valence-electron chi connectivity index (χ3n) is 1.87. The van der Waals surface area contributed by atoms with E-state index in [2.05, 4.69) is 13.2 Å². The molecule has 0 aromatic heterocycles. The number of ether oxygens (including phenoxy) is 1. The molecule has 0 N–H and O–H groups in total. The molecule has 0 rings (SSSR count). The molecule has 2 unspecified atom stereocenters. The van der Waals surface area contributed by atoms with E-state index in [1.807, 2.05) is 6.07 Å². The Labute approximate surface area is 84.7 Å². The van der Waals surface area contributed by atoms with E-state index in [0.29, 0.717) is 6.42 Å². The van der Waals surface area contributed by atoms with Crippen LogP contribution in [0.15, 0.2) is 25.3 Å². The zero-order valence-corrected chi connectivity index (χ0v) is 8.40. The molecule has 0 saturated heterocycles. The van der Waals surface area contributed by atoms with E-state index in [-0.39, 0.29) is 18.5 Å². The smallest absolute Gasteiger partial charge is 0.310 e. The minimum absolute atomic E-state index is 0.185. The highest BCUT2D eigenvalue weighted by molar-refractivity contribution is 5.73. The van der Waals surface area contributed by atoms with Crippen LogP contribution in [0.5, 0.6) is 0 Å². The zero-order chi connectivity index (χ0) is 11.0. The number of hydrogen-bond acceptors (Lipinski definition) is 3. The number of nitrogens with zero attached hydrogens (tertiary/aromatic N) is 1. The van der Waals surface area contributed by atoms with E-state index in [9.17, 15) is 4.79 Å². The predicted molar refractivity (Wildman–Crippen MR) is 54.2 cm³/mol. The van der Waals surface area contributed by atoms with Crippen molar-refractivity contribution in [3.05, 3.63) is 25.3 Å². The lowest BCUT2D eigenvalue weighted by molar-refractivity contribution is -0.148. The molecule has 0 saturated carbocycles. The summed E-state index contributed by atoms with van der Waals surface area (Å²) in [4.78, 5) is 11.4. The van der Waals surface area contributed by atoms with Crippen molar-refractivity contribution in [3.63, 3.8) is 0 Å². The van der Waals surface area contributed by atoms with Crippen molar-refractivity contribution in [2.45, 2.75) is 13.3 Å². The van der Waals surface area contributed by atoms with Crippen LogP contribution in [-0.4, -0.2) is 12.6 Å². The summed E-state index contributed by atoms with van der Waals surface area (Å²) in [7, 11) is 0. The molecule has 76 valence electrons. The average Bonchev–Trinajstić information content (AvgIpc) is 2.21. The lowest BCUT2D eigenvalue weighted by Gasteiger charge is -2.15. The largest absolute Gasteiger partial charge is 0.461 e. The first-order chi connectivity index (χ1) is 6.67. The Morgan fingerprint density at radius 1 is 1.57 bits per heavy atom. The quantitative estimate of drug-likeness (QED) is 0.479. The van der Waals surface area contributed by atoms with Crippen LogP contribution in [0.4, 0.5) is 0 Å². The van der Waals surface area contributed by atoms with E-state index >= 15 is 0 Å². The molecule has 3 heteroatoms. The maximum atomic E-state index is 11.4. The first kappa shape index (κ1) is 12.4. The molecule has 0 heterocycles. The molecule has 0 bridgehead atoms. The van der Waals surface area contributed by atoms with Crippen molar-refractivity contribution >= 4 is 5.97 Å². The highest BCUT2D eigenvalue weighted by Gasteiger charge is 2.24. The molecule has 0 fully saturated rings.